The van der Waals surface area contributed by atoms with Crippen LogP contribution in [0.5, 0.6) is 5.75 Å². The molecular weight excluding hydrogens is 613 g/mol. The van der Waals surface area contributed by atoms with Crippen LogP contribution in [0.25, 0.3) is 0 Å². The van der Waals surface area contributed by atoms with E-state index in [1.807, 2.05) is 0 Å². The lowest BCUT2D eigenvalue weighted by Crippen LogP contribution is -2.55. The standard InChI is InChI=1S/C31H25ClFN3O7S/c1-31(29(38)39)26(17-5-4-8-22(16-17)43-2)25(28(37)23-13-14-24(32)44-23)27(18-6-3-7-21(15-18)36(41)42)35(31)30(40)34-20-11-9-19(33)10-12-20/h3-16,25-27H,1-2H3,(H,34,40)(H,38,39). The molecule has 1 aliphatic heterocycles. The van der Waals surface area contributed by atoms with Crippen molar-refractivity contribution >= 4 is 52.1 Å². The number of benzene rings is 3. The van der Waals surface area contributed by atoms with E-state index < -0.39 is 51.9 Å². The van der Waals surface area contributed by atoms with E-state index in [9.17, 15) is 34.0 Å². The molecule has 226 valence electrons. The minimum atomic E-state index is -2.09. The number of rotatable bonds is 8. The van der Waals surface area contributed by atoms with Gasteiger partial charge in [-0.3, -0.25) is 19.8 Å². The number of aliphatic carboxylic acids is 1. The third-order valence-electron chi connectivity index (χ3n) is 7.83. The zero-order chi connectivity index (χ0) is 31.8. The van der Waals surface area contributed by atoms with E-state index in [-0.39, 0.29) is 21.8 Å². The lowest BCUT2D eigenvalue weighted by Gasteiger charge is -2.37. The number of hydrogen-bond donors (Lipinski definition) is 2. The van der Waals surface area contributed by atoms with Gasteiger partial charge in [-0.15, -0.1) is 11.3 Å². The number of carbonyl (C=O) groups is 3. The molecule has 10 nitrogen and oxygen atoms in total. The maximum absolute atomic E-state index is 14.5. The van der Waals surface area contributed by atoms with Crippen molar-refractivity contribution in [2.75, 3.05) is 12.4 Å². The molecule has 1 aliphatic rings. The van der Waals surface area contributed by atoms with Crippen LogP contribution in [0.1, 0.15) is 39.7 Å². The summed E-state index contributed by atoms with van der Waals surface area (Å²) in [7, 11) is 1.44. The van der Waals surface area contributed by atoms with Crippen LogP contribution in [0.3, 0.4) is 0 Å². The third kappa shape index (κ3) is 5.49. The Labute approximate surface area is 259 Å². The molecule has 0 aliphatic carbocycles. The number of carboxylic acids is 1. The molecule has 2 N–H and O–H groups in total. The molecular formula is C31H25ClFN3O7S. The second kappa shape index (κ2) is 12.1. The zero-order valence-corrected chi connectivity index (χ0v) is 24.8. The van der Waals surface area contributed by atoms with Crippen molar-refractivity contribution in [3.05, 3.63) is 121 Å². The van der Waals surface area contributed by atoms with Crippen molar-refractivity contribution in [1.29, 1.82) is 0 Å². The van der Waals surface area contributed by atoms with Gasteiger partial charge in [-0.25, -0.2) is 14.0 Å². The highest BCUT2D eigenvalue weighted by Crippen LogP contribution is 2.57. The number of non-ortho nitro benzene ring substituents is 1. The number of likely N-dealkylation sites (tertiary alicyclic amines) is 1. The number of anilines is 1. The fraction of sp³-hybridized carbons (Fsp3) is 0.194. The molecule has 4 unspecified atom stereocenters. The van der Waals surface area contributed by atoms with E-state index >= 15 is 0 Å². The maximum atomic E-state index is 14.5. The highest BCUT2D eigenvalue weighted by Gasteiger charge is 2.65. The number of hydrogen-bond acceptors (Lipinski definition) is 7. The number of nitro groups is 1. The molecule has 0 spiro atoms. The molecule has 13 heteroatoms. The molecule has 0 radical (unpaired) electrons. The van der Waals surface area contributed by atoms with E-state index in [2.05, 4.69) is 5.32 Å². The van der Waals surface area contributed by atoms with Crippen LogP contribution < -0.4 is 10.1 Å². The molecule has 0 bridgehead atoms. The van der Waals surface area contributed by atoms with Crippen LogP contribution in [0.2, 0.25) is 4.34 Å². The number of ether oxygens (including phenoxy) is 1. The van der Waals surface area contributed by atoms with Gasteiger partial charge in [0, 0.05) is 23.7 Å². The molecule has 3 aromatic carbocycles. The number of methoxy groups -OCH3 is 1. The van der Waals surface area contributed by atoms with Gasteiger partial charge in [-0.2, -0.15) is 0 Å². The Hall–Kier alpha value is -4.81. The SMILES string of the molecule is COc1cccc(C2C(C(=O)c3ccc(Cl)s3)C(c3cccc([N+](=O)[O-])c3)N(C(=O)Nc3ccc(F)cc3)C2(C)C(=O)O)c1. The molecule has 1 saturated heterocycles. The number of carboxylic acid groups (broad SMARTS) is 1. The van der Waals surface area contributed by atoms with Gasteiger partial charge in [0.05, 0.1) is 33.2 Å². The number of amides is 2. The predicted octanol–water partition coefficient (Wildman–Crippen LogP) is 7.17. The molecule has 1 fully saturated rings. The number of ketones is 1. The van der Waals surface area contributed by atoms with E-state index in [1.165, 1.54) is 62.6 Å². The lowest BCUT2D eigenvalue weighted by molar-refractivity contribution is -0.385. The highest BCUT2D eigenvalue weighted by molar-refractivity contribution is 7.18. The Balaban J connectivity index is 1.80. The summed E-state index contributed by atoms with van der Waals surface area (Å²) >= 11 is 7.18. The fourth-order valence-electron chi connectivity index (χ4n) is 5.87. The summed E-state index contributed by atoms with van der Waals surface area (Å²) < 4.78 is 19.4. The summed E-state index contributed by atoms with van der Waals surface area (Å²) in [6.07, 6.45) is 0. The number of thiophene rings is 1. The van der Waals surface area contributed by atoms with Gasteiger partial charge in [0.15, 0.2) is 5.78 Å². The largest absolute Gasteiger partial charge is 0.497 e. The van der Waals surface area contributed by atoms with E-state index in [1.54, 1.807) is 24.3 Å². The number of nitro benzene ring substituents is 1. The smallest absolute Gasteiger partial charge is 0.330 e. The average Bonchev–Trinajstić information content (AvgIpc) is 3.57. The lowest BCUT2D eigenvalue weighted by atomic mass is 9.72. The maximum Gasteiger partial charge on any atom is 0.330 e. The van der Waals surface area contributed by atoms with Crippen LogP contribution in [-0.4, -0.2) is 45.4 Å². The number of nitrogens with zero attached hydrogens (tertiary/aromatic N) is 2. The number of urea groups is 1. The number of halogens is 2. The number of nitrogens with one attached hydrogen (secondary N) is 1. The summed E-state index contributed by atoms with van der Waals surface area (Å²) in [4.78, 5) is 54.5. The molecule has 2 amide bonds. The Bertz CT molecular complexity index is 1760. The Kier molecular flexibility index (Phi) is 8.40. The van der Waals surface area contributed by atoms with Crippen molar-refractivity contribution in [3.63, 3.8) is 0 Å². The summed E-state index contributed by atoms with van der Waals surface area (Å²) in [6, 6.07) is 17.6. The van der Waals surface area contributed by atoms with E-state index in [0.717, 1.165) is 28.4 Å². The monoisotopic (exact) mass is 637 g/mol. The Morgan fingerprint density at radius 3 is 2.34 bits per heavy atom. The first-order chi connectivity index (χ1) is 20.9. The van der Waals surface area contributed by atoms with Crippen LogP contribution >= 0.6 is 22.9 Å². The van der Waals surface area contributed by atoms with Crippen molar-refractivity contribution in [2.24, 2.45) is 5.92 Å². The van der Waals surface area contributed by atoms with Crippen molar-refractivity contribution < 1.29 is 33.5 Å². The van der Waals surface area contributed by atoms with Crippen LogP contribution in [0.4, 0.5) is 20.6 Å². The molecule has 4 aromatic rings. The normalized spacial score (nSPS) is 21.1. The average molecular weight is 638 g/mol. The van der Waals surface area contributed by atoms with Gasteiger partial charge in [-0.05, 0) is 66.6 Å². The van der Waals surface area contributed by atoms with Crippen molar-refractivity contribution in [1.82, 2.24) is 4.90 Å². The van der Waals surface area contributed by atoms with Gasteiger partial charge in [-0.1, -0.05) is 35.9 Å². The minimum absolute atomic E-state index is 0.166. The van der Waals surface area contributed by atoms with E-state index in [4.69, 9.17) is 16.3 Å². The van der Waals surface area contributed by atoms with Gasteiger partial charge < -0.3 is 15.2 Å². The molecule has 1 aromatic heterocycles. The van der Waals surface area contributed by atoms with Crippen molar-refractivity contribution in [2.45, 2.75) is 24.4 Å². The molecule has 4 atom stereocenters. The molecule has 0 saturated carbocycles. The topological polar surface area (TPSA) is 139 Å². The molecule has 44 heavy (non-hydrogen) atoms. The predicted molar refractivity (Wildman–Crippen MR) is 162 cm³/mol. The number of Topliss-reactive ketones (excluding diaryl/α,β-unsaturated/α-hetero) is 1. The minimum Gasteiger partial charge on any atom is -0.497 e. The fourth-order valence-corrected chi connectivity index (χ4v) is 6.90. The van der Waals surface area contributed by atoms with Crippen LogP contribution in [0, 0.1) is 21.8 Å². The quantitative estimate of drug-likeness (QED) is 0.119. The van der Waals surface area contributed by atoms with Gasteiger partial charge in [0.25, 0.3) is 5.69 Å². The van der Waals surface area contributed by atoms with Gasteiger partial charge >= 0.3 is 12.0 Å². The molecule has 2 heterocycles. The first kappa shape index (κ1) is 30.6. The van der Waals surface area contributed by atoms with Gasteiger partial charge in [0.1, 0.15) is 17.1 Å². The first-order valence-corrected chi connectivity index (χ1v) is 14.4. The van der Waals surface area contributed by atoms with E-state index in [0.29, 0.717) is 15.6 Å². The van der Waals surface area contributed by atoms with Crippen LogP contribution in [0.15, 0.2) is 84.9 Å². The zero-order valence-electron chi connectivity index (χ0n) is 23.3. The number of carbonyl (C=O) groups excluding carboxylic acids is 2. The second-order valence-electron chi connectivity index (χ2n) is 10.3. The molecule has 5 rings (SSSR count). The van der Waals surface area contributed by atoms with Crippen molar-refractivity contribution in [3.8, 4) is 5.75 Å². The third-order valence-corrected chi connectivity index (χ3v) is 9.07. The highest BCUT2D eigenvalue weighted by atomic mass is 35.5. The van der Waals surface area contributed by atoms with Crippen LogP contribution in [-0.2, 0) is 4.79 Å². The second-order valence-corrected chi connectivity index (χ2v) is 12.0. The van der Waals surface area contributed by atoms with Gasteiger partial charge in [0.2, 0.25) is 0 Å². The summed E-state index contributed by atoms with van der Waals surface area (Å²) in [5.41, 5.74) is -1.67. The summed E-state index contributed by atoms with van der Waals surface area (Å²) in [5, 5.41) is 25.3. The Morgan fingerprint density at radius 2 is 1.73 bits per heavy atom. The first-order valence-electron chi connectivity index (χ1n) is 13.2. The Morgan fingerprint density at radius 1 is 1.05 bits per heavy atom. The summed E-state index contributed by atoms with van der Waals surface area (Å²) in [5.74, 6) is -4.51. The summed E-state index contributed by atoms with van der Waals surface area (Å²) in [6.45, 7) is 1.34.